The zero-order valence-electron chi connectivity index (χ0n) is 20.3. The topological polar surface area (TPSA) is 17.1 Å². The van der Waals surface area contributed by atoms with Gasteiger partial charge in [-0.15, -0.1) is 0 Å². The first-order valence-electron chi connectivity index (χ1n) is 12.3. The number of hydrogen-bond acceptors (Lipinski definition) is 1. The van der Waals surface area contributed by atoms with Gasteiger partial charge < -0.3 is 0 Å². The molecule has 0 amide bonds. The Bertz CT molecular complexity index is 1520. The van der Waals surface area contributed by atoms with E-state index in [1.165, 1.54) is 61.2 Å². The molecule has 1 atom stereocenters. The Labute approximate surface area is 201 Å². The Kier molecular flexibility index (Phi) is 3.73. The lowest BCUT2D eigenvalue weighted by Gasteiger charge is -2.32. The third kappa shape index (κ3) is 2.19. The van der Waals surface area contributed by atoms with Gasteiger partial charge in [0.1, 0.15) is 0 Å². The van der Waals surface area contributed by atoms with Gasteiger partial charge in [-0.2, -0.15) is 0 Å². The third-order valence-corrected chi connectivity index (χ3v) is 9.15. The van der Waals surface area contributed by atoms with Crippen molar-refractivity contribution in [3.63, 3.8) is 0 Å². The third-order valence-electron chi connectivity index (χ3n) is 9.15. The van der Waals surface area contributed by atoms with E-state index in [0.29, 0.717) is 12.2 Å². The van der Waals surface area contributed by atoms with Crippen LogP contribution in [0.3, 0.4) is 0 Å². The molecule has 0 aliphatic heterocycles. The molecule has 4 aromatic rings. The van der Waals surface area contributed by atoms with Crippen LogP contribution in [0, 0.1) is 27.7 Å². The van der Waals surface area contributed by atoms with Crippen molar-refractivity contribution in [2.45, 2.75) is 51.4 Å². The first-order valence-corrected chi connectivity index (χ1v) is 12.3. The van der Waals surface area contributed by atoms with E-state index in [-0.39, 0.29) is 10.8 Å². The molecule has 166 valence electrons. The van der Waals surface area contributed by atoms with Gasteiger partial charge in [-0.3, -0.25) is 4.79 Å². The molecule has 2 spiro atoms. The summed E-state index contributed by atoms with van der Waals surface area (Å²) in [6.07, 6.45) is 1.47. The second-order valence-corrected chi connectivity index (χ2v) is 10.8. The SMILES string of the molecule is Cc1cc2c(cc1C)C1(CC2=O)CC2(c3ccccc3-c3ccccc32)c2cc(C)c(C)cc21. The van der Waals surface area contributed by atoms with Gasteiger partial charge in [0.2, 0.25) is 0 Å². The molecular formula is C33H28O. The summed E-state index contributed by atoms with van der Waals surface area (Å²) in [6.45, 7) is 8.73. The van der Waals surface area contributed by atoms with Crippen LogP contribution in [0.25, 0.3) is 11.1 Å². The molecule has 0 aromatic heterocycles. The van der Waals surface area contributed by atoms with Crippen LogP contribution < -0.4 is 0 Å². The average molecular weight is 441 g/mol. The van der Waals surface area contributed by atoms with Gasteiger partial charge >= 0.3 is 0 Å². The number of Topliss-reactive ketones (excluding diaryl/α,β-unsaturated/α-hetero) is 1. The van der Waals surface area contributed by atoms with Gasteiger partial charge in [0.05, 0.1) is 0 Å². The molecule has 34 heavy (non-hydrogen) atoms. The molecule has 1 heteroatoms. The fourth-order valence-electron chi connectivity index (χ4n) is 7.32. The van der Waals surface area contributed by atoms with Crippen LogP contribution in [0.5, 0.6) is 0 Å². The average Bonchev–Trinajstić information content (AvgIpc) is 3.38. The van der Waals surface area contributed by atoms with Gasteiger partial charge in [-0.25, -0.2) is 0 Å². The second-order valence-electron chi connectivity index (χ2n) is 10.8. The van der Waals surface area contributed by atoms with Crippen molar-refractivity contribution in [3.8, 4) is 11.1 Å². The van der Waals surface area contributed by atoms with Crippen molar-refractivity contribution in [1.82, 2.24) is 0 Å². The van der Waals surface area contributed by atoms with Crippen LogP contribution in [0.2, 0.25) is 0 Å². The summed E-state index contributed by atoms with van der Waals surface area (Å²) in [4.78, 5) is 13.5. The molecule has 7 rings (SSSR count). The smallest absolute Gasteiger partial charge is 0.164 e. The van der Waals surface area contributed by atoms with Crippen LogP contribution in [0.15, 0.2) is 72.8 Å². The normalized spacial score (nSPS) is 20.5. The van der Waals surface area contributed by atoms with E-state index in [9.17, 15) is 4.79 Å². The molecule has 0 saturated heterocycles. The monoisotopic (exact) mass is 440 g/mol. The highest BCUT2D eigenvalue weighted by Crippen LogP contribution is 2.67. The summed E-state index contributed by atoms with van der Waals surface area (Å²) in [7, 11) is 0. The Hall–Kier alpha value is -3.45. The number of ketones is 1. The summed E-state index contributed by atoms with van der Waals surface area (Å²) in [6, 6.07) is 27.2. The Morgan fingerprint density at radius 3 is 1.68 bits per heavy atom. The molecule has 0 saturated carbocycles. The summed E-state index contributed by atoms with van der Waals surface area (Å²) in [5.41, 5.74) is 15.0. The molecule has 0 N–H and O–H groups in total. The number of aryl methyl sites for hydroxylation is 4. The van der Waals surface area contributed by atoms with Crippen LogP contribution in [0.1, 0.15) is 73.3 Å². The van der Waals surface area contributed by atoms with Crippen LogP contribution in [-0.4, -0.2) is 5.78 Å². The molecule has 3 aliphatic rings. The molecule has 3 aliphatic carbocycles. The molecule has 4 aromatic carbocycles. The lowest BCUT2D eigenvalue weighted by Crippen LogP contribution is -2.29. The molecule has 0 bridgehead atoms. The largest absolute Gasteiger partial charge is 0.294 e. The first kappa shape index (κ1) is 20.0. The van der Waals surface area contributed by atoms with Crippen molar-refractivity contribution in [3.05, 3.63) is 128 Å². The van der Waals surface area contributed by atoms with Crippen molar-refractivity contribution in [2.75, 3.05) is 0 Å². The van der Waals surface area contributed by atoms with E-state index in [4.69, 9.17) is 0 Å². The highest BCUT2D eigenvalue weighted by atomic mass is 16.1. The summed E-state index contributed by atoms with van der Waals surface area (Å²) in [5, 5.41) is 0. The lowest BCUT2D eigenvalue weighted by atomic mass is 9.69. The van der Waals surface area contributed by atoms with Gasteiger partial charge in [0, 0.05) is 22.8 Å². The Balaban J connectivity index is 1.63. The second kappa shape index (κ2) is 6.36. The number of carbonyl (C=O) groups excluding carboxylic acids is 1. The molecule has 0 heterocycles. The zero-order valence-corrected chi connectivity index (χ0v) is 20.3. The lowest BCUT2D eigenvalue weighted by molar-refractivity contribution is 0.0978. The van der Waals surface area contributed by atoms with E-state index in [2.05, 4.69) is 100 Å². The maximum Gasteiger partial charge on any atom is 0.164 e. The van der Waals surface area contributed by atoms with Gasteiger partial charge in [0.15, 0.2) is 5.78 Å². The van der Waals surface area contributed by atoms with E-state index in [0.717, 1.165) is 12.0 Å². The van der Waals surface area contributed by atoms with Gasteiger partial charge in [-0.1, -0.05) is 66.7 Å². The number of hydrogen-bond donors (Lipinski definition) is 0. The van der Waals surface area contributed by atoms with Crippen LogP contribution >= 0.6 is 0 Å². The zero-order chi connectivity index (χ0) is 23.4. The number of benzene rings is 4. The number of rotatable bonds is 0. The van der Waals surface area contributed by atoms with Gasteiger partial charge in [0.25, 0.3) is 0 Å². The highest BCUT2D eigenvalue weighted by Gasteiger charge is 2.60. The minimum atomic E-state index is -0.288. The summed E-state index contributed by atoms with van der Waals surface area (Å²) < 4.78 is 0. The minimum absolute atomic E-state index is 0.234. The van der Waals surface area contributed by atoms with E-state index < -0.39 is 0 Å². The van der Waals surface area contributed by atoms with Crippen molar-refractivity contribution in [2.24, 2.45) is 0 Å². The predicted molar refractivity (Wildman–Crippen MR) is 138 cm³/mol. The van der Waals surface area contributed by atoms with Crippen molar-refractivity contribution < 1.29 is 4.79 Å². The predicted octanol–water partition coefficient (Wildman–Crippen LogP) is 7.51. The standard InChI is InChI=1S/C33H28O/c1-19-13-25-28(14-20(19)2)32(17-31(25)34)18-33(30-16-22(4)21(3)15-29(30)32)26-11-7-5-9-23(26)24-10-6-8-12-27(24)33/h5-16H,17-18H2,1-4H3. The summed E-state index contributed by atoms with van der Waals surface area (Å²) in [5.74, 6) is 0.291. The van der Waals surface area contributed by atoms with Crippen LogP contribution in [-0.2, 0) is 10.8 Å². The maximum absolute atomic E-state index is 13.5. The molecule has 0 fully saturated rings. The van der Waals surface area contributed by atoms with Crippen molar-refractivity contribution in [1.29, 1.82) is 0 Å². The highest BCUT2D eigenvalue weighted by molar-refractivity contribution is 6.04. The fraction of sp³-hybridized carbons (Fsp3) is 0.242. The van der Waals surface area contributed by atoms with E-state index >= 15 is 0 Å². The number of fused-ring (bicyclic) bond motifs is 10. The molecule has 1 unspecified atom stereocenters. The van der Waals surface area contributed by atoms with Gasteiger partial charge in [-0.05, 0) is 101 Å². The van der Waals surface area contributed by atoms with Crippen molar-refractivity contribution >= 4 is 5.78 Å². The molecular weight excluding hydrogens is 412 g/mol. The molecule has 0 radical (unpaired) electrons. The fourth-order valence-corrected chi connectivity index (χ4v) is 7.32. The van der Waals surface area contributed by atoms with Crippen LogP contribution in [0.4, 0.5) is 0 Å². The van der Waals surface area contributed by atoms with E-state index in [1.54, 1.807) is 0 Å². The minimum Gasteiger partial charge on any atom is -0.294 e. The first-order chi connectivity index (χ1) is 16.4. The Morgan fingerprint density at radius 1 is 0.559 bits per heavy atom. The number of carbonyl (C=O) groups is 1. The molecule has 1 nitrogen and oxygen atoms in total. The summed E-state index contributed by atoms with van der Waals surface area (Å²) >= 11 is 0. The Morgan fingerprint density at radius 2 is 1.06 bits per heavy atom. The maximum atomic E-state index is 13.5. The quantitative estimate of drug-likeness (QED) is 0.276. The van der Waals surface area contributed by atoms with E-state index in [1.807, 2.05) is 0 Å².